The number of aliphatic hydroxyl groups excluding tert-OH is 1. The fourth-order valence-electron chi connectivity index (χ4n) is 2.42. The number of hydrogen-bond acceptors (Lipinski definition) is 5. The van der Waals surface area contributed by atoms with Gasteiger partial charge in [0, 0.05) is 13.2 Å². The van der Waals surface area contributed by atoms with Crippen LogP contribution in [-0.4, -0.2) is 44.0 Å². The average molecular weight is 321 g/mol. The number of ether oxygens (including phenoxy) is 1. The maximum absolute atomic E-state index is 12.5. The lowest BCUT2D eigenvalue weighted by molar-refractivity contribution is -0.148. The van der Waals surface area contributed by atoms with E-state index in [0.29, 0.717) is 32.1 Å². The Morgan fingerprint density at radius 3 is 2.43 bits per heavy atom. The number of hydrogen-bond donors (Lipinski definition) is 2. The molecule has 0 amide bonds. The largest absolute Gasteiger partial charge is 0.465 e. The van der Waals surface area contributed by atoms with Crippen molar-refractivity contribution in [1.29, 1.82) is 0 Å². The van der Waals surface area contributed by atoms with Gasteiger partial charge in [0.1, 0.15) is 0 Å². The molecule has 0 saturated heterocycles. The lowest BCUT2D eigenvalue weighted by Crippen LogP contribution is -2.58. The summed E-state index contributed by atoms with van der Waals surface area (Å²) in [5, 5.41) is 8.87. The Bertz CT molecular complexity index is 454. The molecule has 7 heteroatoms. The smallest absolute Gasteiger partial charge is 0.328 e. The second-order valence-electron chi connectivity index (χ2n) is 6.38. The maximum atomic E-state index is 12.5. The number of aliphatic hydroxyl groups is 1. The first kappa shape index (κ1) is 18.4. The van der Waals surface area contributed by atoms with Crippen molar-refractivity contribution in [2.24, 2.45) is 5.41 Å². The van der Waals surface area contributed by atoms with E-state index in [-0.39, 0.29) is 25.2 Å². The third-order valence-electron chi connectivity index (χ3n) is 4.08. The van der Waals surface area contributed by atoms with Crippen molar-refractivity contribution in [3.05, 3.63) is 0 Å². The van der Waals surface area contributed by atoms with Crippen LogP contribution in [0.2, 0.25) is 0 Å². The van der Waals surface area contributed by atoms with E-state index < -0.39 is 20.7 Å². The van der Waals surface area contributed by atoms with Crippen LogP contribution in [0.3, 0.4) is 0 Å². The molecular formula is C14H27NO5S. The molecule has 0 bridgehead atoms. The van der Waals surface area contributed by atoms with Crippen molar-refractivity contribution in [2.75, 3.05) is 19.8 Å². The van der Waals surface area contributed by atoms with Crippen LogP contribution in [0, 0.1) is 5.41 Å². The van der Waals surface area contributed by atoms with Crippen molar-refractivity contribution in [2.45, 2.75) is 57.6 Å². The fourth-order valence-corrected chi connectivity index (χ4v) is 4.38. The Morgan fingerprint density at radius 1 is 1.38 bits per heavy atom. The van der Waals surface area contributed by atoms with Crippen molar-refractivity contribution >= 4 is 16.0 Å². The molecule has 1 aliphatic rings. The highest BCUT2D eigenvalue weighted by molar-refractivity contribution is 7.91. The van der Waals surface area contributed by atoms with Crippen LogP contribution in [0.5, 0.6) is 0 Å². The van der Waals surface area contributed by atoms with Crippen molar-refractivity contribution in [1.82, 2.24) is 4.72 Å². The zero-order valence-electron chi connectivity index (χ0n) is 13.1. The van der Waals surface area contributed by atoms with Gasteiger partial charge < -0.3 is 9.84 Å². The first-order valence-corrected chi connectivity index (χ1v) is 8.96. The molecule has 1 rings (SSSR count). The number of carbonyl (C=O) groups excluding carboxylic acids is 1. The van der Waals surface area contributed by atoms with Gasteiger partial charge in [-0.3, -0.25) is 4.79 Å². The average Bonchev–Trinajstić information content (AvgIpc) is 2.33. The Labute approximate surface area is 127 Å². The van der Waals surface area contributed by atoms with Gasteiger partial charge in [0.25, 0.3) is 0 Å². The first-order chi connectivity index (χ1) is 9.71. The molecular weight excluding hydrogens is 294 g/mol. The third kappa shape index (κ3) is 4.17. The highest BCUT2D eigenvalue weighted by atomic mass is 32.2. The zero-order chi connectivity index (χ0) is 16.1. The minimum absolute atomic E-state index is 0.0863. The molecule has 1 saturated carbocycles. The summed E-state index contributed by atoms with van der Waals surface area (Å²) >= 11 is 0. The van der Waals surface area contributed by atoms with Crippen LogP contribution in [0.1, 0.15) is 52.9 Å². The normalized spacial score (nSPS) is 18.1. The third-order valence-corrected chi connectivity index (χ3v) is 6.20. The second-order valence-corrected chi connectivity index (χ2v) is 8.46. The van der Waals surface area contributed by atoms with E-state index in [0.717, 1.165) is 0 Å². The Balaban J connectivity index is 2.74. The monoisotopic (exact) mass is 321 g/mol. The summed E-state index contributed by atoms with van der Waals surface area (Å²) < 4.78 is 31.1. The lowest BCUT2D eigenvalue weighted by atomic mass is 9.84. The Kier molecular flexibility index (Phi) is 6.19. The summed E-state index contributed by atoms with van der Waals surface area (Å²) in [5.74, 6) is -0.642. The maximum Gasteiger partial charge on any atom is 0.328 e. The molecule has 0 aliphatic heterocycles. The van der Waals surface area contributed by atoms with Crippen LogP contribution in [0.15, 0.2) is 0 Å². The van der Waals surface area contributed by atoms with Gasteiger partial charge in [-0.2, -0.15) is 0 Å². The highest BCUT2D eigenvalue weighted by Gasteiger charge is 2.56. The summed E-state index contributed by atoms with van der Waals surface area (Å²) in [6.07, 6.45) is 2.68. The van der Waals surface area contributed by atoms with Gasteiger partial charge in [-0.1, -0.05) is 13.8 Å². The van der Waals surface area contributed by atoms with E-state index >= 15 is 0 Å². The van der Waals surface area contributed by atoms with Gasteiger partial charge in [-0.15, -0.1) is 0 Å². The van der Waals surface area contributed by atoms with Crippen LogP contribution >= 0.6 is 0 Å². The first-order valence-electron chi connectivity index (χ1n) is 7.48. The molecule has 124 valence electrons. The molecule has 0 spiro atoms. The fraction of sp³-hybridized carbons (Fsp3) is 0.929. The second kappa shape index (κ2) is 7.07. The standard InChI is InChI=1S/C14H27NO5S/c1-4-20-12(17)14(8-5-9-14)21(18,19)15-11-13(2,3)7-6-10-16/h15-16H,4-11H2,1-3H3. The van der Waals surface area contributed by atoms with E-state index in [2.05, 4.69) is 4.72 Å². The summed E-state index contributed by atoms with van der Waals surface area (Å²) in [5.41, 5.74) is -0.268. The predicted octanol–water partition coefficient (Wildman–Crippen LogP) is 1.19. The number of nitrogens with one attached hydrogen (secondary N) is 1. The van der Waals surface area contributed by atoms with Crippen LogP contribution in [0.4, 0.5) is 0 Å². The Morgan fingerprint density at radius 2 is 2.00 bits per heavy atom. The van der Waals surface area contributed by atoms with Gasteiger partial charge in [0.15, 0.2) is 4.75 Å². The van der Waals surface area contributed by atoms with Gasteiger partial charge in [-0.05, 0) is 44.4 Å². The summed E-state index contributed by atoms with van der Waals surface area (Å²) in [6.45, 7) is 6.05. The SMILES string of the molecule is CCOC(=O)C1(S(=O)(=O)NCC(C)(C)CCCO)CCC1. The molecule has 1 fully saturated rings. The number of carbonyl (C=O) groups is 1. The van der Waals surface area contributed by atoms with E-state index in [4.69, 9.17) is 9.84 Å². The Hall–Kier alpha value is -0.660. The van der Waals surface area contributed by atoms with Crippen LogP contribution < -0.4 is 4.72 Å². The lowest BCUT2D eigenvalue weighted by Gasteiger charge is -2.39. The minimum Gasteiger partial charge on any atom is -0.465 e. The van der Waals surface area contributed by atoms with Crippen LogP contribution in [0.25, 0.3) is 0 Å². The van der Waals surface area contributed by atoms with Gasteiger partial charge in [-0.25, -0.2) is 13.1 Å². The number of sulfonamides is 1. The molecule has 0 radical (unpaired) electrons. The van der Waals surface area contributed by atoms with E-state index in [9.17, 15) is 13.2 Å². The highest BCUT2D eigenvalue weighted by Crippen LogP contribution is 2.40. The molecule has 2 N–H and O–H groups in total. The molecule has 0 aromatic rings. The number of rotatable bonds is 9. The molecule has 6 nitrogen and oxygen atoms in total. The molecule has 0 aromatic heterocycles. The number of esters is 1. The summed E-state index contributed by atoms with van der Waals surface area (Å²) in [7, 11) is -3.75. The molecule has 21 heavy (non-hydrogen) atoms. The molecule has 0 aromatic carbocycles. The van der Waals surface area contributed by atoms with Gasteiger partial charge in [0.05, 0.1) is 6.61 Å². The van der Waals surface area contributed by atoms with Crippen molar-refractivity contribution in [3.63, 3.8) is 0 Å². The van der Waals surface area contributed by atoms with Crippen LogP contribution in [-0.2, 0) is 19.6 Å². The quantitative estimate of drug-likeness (QED) is 0.622. The zero-order valence-corrected chi connectivity index (χ0v) is 14.0. The minimum atomic E-state index is -3.75. The molecule has 0 heterocycles. The van der Waals surface area contributed by atoms with Crippen molar-refractivity contribution < 1.29 is 23.1 Å². The van der Waals surface area contributed by atoms with Gasteiger partial charge >= 0.3 is 5.97 Å². The predicted molar refractivity (Wildman–Crippen MR) is 80.2 cm³/mol. The molecule has 0 atom stereocenters. The topological polar surface area (TPSA) is 92.7 Å². The van der Waals surface area contributed by atoms with E-state index in [1.54, 1.807) is 6.92 Å². The van der Waals surface area contributed by atoms with E-state index in [1.807, 2.05) is 13.8 Å². The summed E-state index contributed by atoms with van der Waals surface area (Å²) in [6, 6.07) is 0. The van der Waals surface area contributed by atoms with Gasteiger partial charge in [0.2, 0.25) is 10.0 Å². The van der Waals surface area contributed by atoms with Crippen molar-refractivity contribution in [3.8, 4) is 0 Å². The molecule has 1 aliphatic carbocycles. The van der Waals surface area contributed by atoms with E-state index in [1.165, 1.54) is 0 Å². The molecule has 0 unspecified atom stereocenters. The summed E-state index contributed by atoms with van der Waals surface area (Å²) in [4.78, 5) is 12.0.